The van der Waals surface area contributed by atoms with E-state index in [4.69, 9.17) is 5.73 Å². The fourth-order valence-corrected chi connectivity index (χ4v) is 2.93. The molecule has 0 spiro atoms. The van der Waals surface area contributed by atoms with Crippen molar-refractivity contribution >= 4 is 38.9 Å². The smallest absolute Gasteiger partial charge is 0.269 e. The minimum atomic E-state index is -0.196. The van der Waals surface area contributed by atoms with Gasteiger partial charge in [0.15, 0.2) is 0 Å². The highest BCUT2D eigenvalue weighted by atomic mass is 79.9. The number of pyridine rings is 1. The number of nitrogens with zero attached hydrogens (tertiary/aromatic N) is 1. The van der Waals surface area contributed by atoms with Crippen LogP contribution in [0.5, 0.6) is 0 Å². The molecule has 0 saturated heterocycles. The fourth-order valence-electron chi connectivity index (χ4n) is 1.45. The quantitative estimate of drug-likeness (QED) is 0.907. The maximum atomic E-state index is 11.8. The van der Waals surface area contributed by atoms with Gasteiger partial charge in [0.05, 0.1) is 3.79 Å². The van der Waals surface area contributed by atoms with Crippen LogP contribution in [0.15, 0.2) is 34.2 Å². The summed E-state index contributed by atoms with van der Waals surface area (Å²) < 4.78 is 1.10. The van der Waals surface area contributed by atoms with Crippen molar-refractivity contribution in [2.45, 2.75) is 6.42 Å². The van der Waals surface area contributed by atoms with Gasteiger partial charge in [-0.3, -0.25) is 9.78 Å². The number of hydrogen-bond acceptors (Lipinski definition) is 4. The third-order valence-electron chi connectivity index (χ3n) is 2.30. The van der Waals surface area contributed by atoms with E-state index in [0.717, 1.165) is 10.2 Å². The predicted octanol–water partition coefficient (Wildman–Crippen LogP) is 2.46. The first kappa shape index (κ1) is 13.0. The van der Waals surface area contributed by atoms with Crippen LogP contribution in [0.4, 0.5) is 5.69 Å². The lowest BCUT2D eigenvalue weighted by Gasteiger charge is -2.04. The number of anilines is 1. The van der Waals surface area contributed by atoms with E-state index < -0.39 is 0 Å². The van der Waals surface area contributed by atoms with Crippen LogP contribution in [-0.2, 0) is 6.42 Å². The zero-order valence-electron chi connectivity index (χ0n) is 9.52. The minimum absolute atomic E-state index is 0.196. The van der Waals surface area contributed by atoms with Crippen LogP contribution in [0.1, 0.15) is 15.4 Å². The van der Waals surface area contributed by atoms with Gasteiger partial charge in [0, 0.05) is 23.3 Å². The molecule has 0 radical (unpaired) electrons. The highest BCUT2D eigenvalue weighted by molar-refractivity contribution is 9.11. The molecule has 2 heterocycles. The Labute approximate surface area is 117 Å². The number of thiophene rings is 1. The van der Waals surface area contributed by atoms with Gasteiger partial charge in [-0.05, 0) is 46.6 Å². The largest absolute Gasteiger partial charge is 0.399 e. The molecule has 6 heteroatoms. The first-order valence-electron chi connectivity index (χ1n) is 5.39. The van der Waals surface area contributed by atoms with Crippen molar-refractivity contribution in [3.63, 3.8) is 0 Å². The molecule has 0 unspecified atom stereocenters. The van der Waals surface area contributed by atoms with Gasteiger partial charge in [-0.1, -0.05) is 0 Å². The van der Waals surface area contributed by atoms with E-state index >= 15 is 0 Å². The van der Waals surface area contributed by atoms with E-state index in [1.165, 1.54) is 11.1 Å². The average molecular weight is 326 g/mol. The summed E-state index contributed by atoms with van der Waals surface area (Å²) in [5, 5.41) is 2.82. The van der Waals surface area contributed by atoms with Crippen molar-refractivity contribution < 1.29 is 4.79 Å². The monoisotopic (exact) mass is 325 g/mol. The molecule has 0 aliphatic carbocycles. The summed E-state index contributed by atoms with van der Waals surface area (Å²) in [6.45, 7) is 0.586. The summed E-state index contributed by atoms with van der Waals surface area (Å²) >= 11 is 5.07. The number of nitrogens with one attached hydrogen (secondary N) is 1. The van der Waals surface area contributed by atoms with E-state index in [9.17, 15) is 4.79 Å². The third kappa shape index (κ3) is 3.54. The molecule has 0 saturated carbocycles. The van der Waals surface area contributed by atoms with Crippen molar-refractivity contribution in [3.05, 3.63) is 44.8 Å². The molecule has 94 valence electrons. The third-order valence-corrected chi connectivity index (χ3v) is 3.99. The topological polar surface area (TPSA) is 68.0 Å². The van der Waals surface area contributed by atoms with Gasteiger partial charge < -0.3 is 11.1 Å². The molecule has 0 atom stereocenters. The van der Waals surface area contributed by atoms with Crippen LogP contribution in [0.2, 0.25) is 0 Å². The van der Waals surface area contributed by atoms with Gasteiger partial charge in [0.25, 0.3) is 5.91 Å². The summed E-state index contributed by atoms with van der Waals surface area (Å²) in [7, 11) is 0. The molecule has 3 N–H and O–H groups in total. The Kier molecular flexibility index (Phi) is 4.33. The summed E-state index contributed by atoms with van der Waals surface area (Å²) in [4.78, 5) is 17.0. The average Bonchev–Trinajstić information content (AvgIpc) is 2.75. The number of carbonyl (C=O) groups excluding carboxylic acids is 1. The lowest BCUT2D eigenvalue weighted by Crippen LogP contribution is -2.26. The summed E-state index contributed by atoms with van der Waals surface area (Å²) in [6.07, 6.45) is 2.34. The Balaban J connectivity index is 1.85. The normalized spacial score (nSPS) is 10.3. The number of halogens is 1. The molecule has 2 aromatic heterocycles. The standard InChI is InChI=1S/C12H12BrN3OS/c13-11-2-1-9(18-11)4-6-16-12(17)10-7-8(14)3-5-15-10/h1-3,5,7H,4,6H2,(H2,14,15)(H,16,17). The van der Waals surface area contributed by atoms with Crippen molar-refractivity contribution in [1.29, 1.82) is 0 Å². The van der Waals surface area contributed by atoms with Crippen molar-refractivity contribution in [3.8, 4) is 0 Å². The molecular weight excluding hydrogens is 314 g/mol. The van der Waals surface area contributed by atoms with Crippen LogP contribution in [0.25, 0.3) is 0 Å². The number of hydrogen-bond donors (Lipinski definition) is 2. The number of nitrogen functional groups attached to an aromatic ring is 1. The lowest BCUT2D eigenvalue weighted by atomic mass is 10.3. The zero-order valence-corrected chi connectivity index (χ0v) is 11.9. The lowest BCUT2D eigenvalue weighted by molar-refractivity contribution is 0.0949. The number of rotatable bonds is 4. The maximum absolute atomic E-state index is 11.8. The van der Waals surface area contributed by atoms with Gasteiger partial charge in [-0.2, -0.15) is 0 Å². The van der Waals surface area contributed by atoms with Crippen LogP contribution < -0.4 is 11.1 Å². The van der Waals surface area contributed by atoms with Crippen LogP contribution in [0.3, 0.4) is 0 Å². The first-order chi connectivity index (χ1) is 8.65. The van der Waals surface area contributed by atoms with Gasteiger partial charge in [0.1, 0.15) is 5.69 Å². The van der Waals surface area contributed by atoms with Crippen molar-refractivity contribution in [2.75, 3.05) is 12.3 Å². The molecule has 4 nitrogen and oxygen atoms in total. The van der Waals surface area contributed by atoms with E-state index in [2.05, 4.69) is 26.2 Å². The van der Waals surface area contributed by atoms with Gasteiger partial charge in [-0.15, -0.1) is 11.3 Å². The molecule has 18 heavy (non-hydrogen) atoms. The molecule has 2 rings (SSSR count). The number of carbonyl (C=O) groups is 1. The Morgan fingerprint density at radius 2 is 2.28 bits per heavy atom. The first-order valence-corrected chi connectivity index (χ1v) is 7.00. The van der Waals surface area contributed by atoms with Crippen LogP contribution in [-0.4, -0.2) is 17.4 Å². The Hall–Kier alpha value is -1.40. The van der Waals surface area contributed by atoms with Crippen LogP contribution >= 0.6 is 27.3 Å². The highest BCUT2D eigenvalue weighted by Crippen LogP contribution is 2.22. The Morgan fingerprint density at radius 1 is 1.44 bits per heavy atom. The molecule has 2 aromatic rings. The summed E-state index contributed by atoms with van der Waals surface area (Å²) in [5.41, 5.74) is 6.48. The van der Waals surface area contributed by atoms with Gasteiger partial charge >= 0.3 is 0 Å². The van der Waals surface area contributed by atoms with Gasteiger partial charge in [-0.25, -0.2) is 0 Å². The Bertz CT molecular complexity index is 556. The van der Waals surface area contributed by atoms with E-state index in [0.29, 0.717) is 17.9 Å². The SMILES string of the molecule is Nc1ccnc(C(=O)NCCc2ccc(Br)s2)c1. The highest BCUT2D eigenvalue weighted by Gasteiger charge is 2.06. The molecule has 0 fully saturated rings. The summed E-state index contributed by atoms with van der Waals surface area (Å²) in [6, 6.07) is 7.26. The predicted molar refractivity (Wildman–Crippen MR) is 76.7 cm³/mol. The number of aromatic nitrogens is 1. The molecule has 0 aliphatic heterocycles. The molecule has 1 amide bonds. The molecular formula is C12H12BrN3OS. The van der Waals surface area contributed by atoms with Gasteiger partial charge in [0.2, 0.25) is 0 Å². The van der Waals surface area contributed by atoms with E-state index in [1.807, 2.05) is 12.1 Å². The fraction of sp³-hybridized carbons (Fsp3) is 0.167. The van der Waals surface area contributed by atoms with Crippen LogP contribution in [0, 0.1) is 0 Å². The number of nitrogens with two attached hydrogens (primary N) is 1. The van der Waals surface area contributed by atoms with E-state index in [1.54, 1.807) is 23.5 Å². The molecule has 0 aliphatic rings. The minimum Gasteiger partial charge on any atom is -0.399 e. The summed E-state index contributed by atoms with van der Waals surface area (Å²) in [5.74, 6) is -0.196. The van der Waals surface area contributed by atoms with E-state index in [-0.39, 0.29) is 5.91 Å². The second-order valence-corrected chi connectivity index (χ2v) is 6.23. The maximum Gasteiger partial charge on any atom is 0.269 e. The van der Waals surface area contributed by atoms with Crippen molar-refractivity contribution in [1.82, 2.24) is 10.3 Å². The number of amides is 1. The second-order valence-electron chi connectivity index (χ2n) is 3.69. The van der Waals surface area contributed by atoms with Crippen molar-refractivity contribution in [2.24, 2.45) is 0 Å². The Morgan fingerprint density at radius 3 is 2.94 bits per heavy atom. The second kappa shape index (κ2) is 5.97. The molecule has 0 bridgehead atoms. The molecule has 0 aromatic carbocycles. The zero-order chi connectivity index (χ0) is 13.0.